The van der Waals surface area contributed by atoms with Crippen LogP contribution in [0.3, 0.4) is 0 Å². The van der Waals surface area contributed by atoms with Crippen molar-refractivity contribution >= 4 is 5.91 Å². The summed E-state index contributed by atoms with van der Waals surface area (Å²) in [5.74, 6) is 0.194. The van der Waals surface area contributed by atoms with Crippen LogP contribution in [-0.2, 0) is 16.1 Å². The molecule has 5 nitrogen and oxygen atoms in total. The molecule has 3 N–H and O–H groups in total. The van der Waals surface area contributed by atoms with E-state index in [-0.39, 0.29) is 6.61 Å². The molecular formula is C16H24N2O3. The minimum absolute atomic E-state index is 0.0853. The fourth-order valence-electron chi connectivity index (χ4n) is 2.41. The average molecular weight is 292 g/mol. The fraction of sp³-hybridized carbons (Fsp3) is 0.562. The average Bonchev–Trinajstić information content (AvgIpc) is 2.47. The lowest BCUT2D eigenvalue weighted by atomic mass is 9.82. The van der Waals surface area contributed by atoms with E-state index >= 15 is 0 Å². The Bertz CT molecular complexity index is 453. The highest BCUT2D eigenvalue weighted by atomic mass is 16.5. The van der Waals surface area contributed by atoms with Crippen molar-refractivity contribution in [1.82, 2.24) is 5.32 Å². The molecule has 0 aliphatic carbocycles. The van der Waals surface area contributed by atoms with Gasteiger partial charge in [-0.3, -0.25) is 4.79 Å². The Balaban J connectivity index is 1.74. The van der Waals surface area contributed by atoms with Crippen molar-refractivity contribution in [2.24, 2.45) is 11.1 Å². The smallest absolute Gasteiger partial charge is 0.255 e. The first-order chi connectivity index (χ1) is 10.1. The number of ether oxygens (including phenoxy) is 2. The zero-order valence-corrected chi connectivity index (χ0v) is 12.6. The molecule has 0 atom stereocenters. The molecule has 1 fully saturated rings. The zero-order valence-electron chi connectivity index (χ0n) is 12.6. The second-order valence-corrected chi connectivity index (χ2v) is 5.93. The van der Waals surface area contributed by atoms with Crippen LogP contribution in [-0.4, -0.2) is 32.3 Å². The van der Waals surface area contributed by atoms with Crippen molar-refractivity contribution in [3.63, 3.8) is 0 Å². The molecule has 1 aromatic rings. The molecule has 0 bridgehead atoms. The van der Waals surface area contributed by atoms with E-state index in [0.717, 1.165) is 39.1 Å². The minimum Gasteiger partial charge on any atom is -0.484 e. The van der Waals surface area contributed by atoms with Crippen molar-refractivity contribution in [3.05, 3.63) is 29.8 Å². The first-order valence-electron chi connectivity index (χ1n) is 7.36. The molecule has 1 aromatic carbocycles. The highest BCUT2D eigenvalue weighted by Crippen LogP contribution is 2.28. The summed E-state index contributed by atoms with van der Waals surface area (Å²) in [4.78, 5) is 10.6. The number of amides is 1. The Labute approximate surface area is 125 Å². The van der Waals surface area contributed by atoms with Gasteiger partial charge in [0.25, 0.3) is 5.91 Å². The summed E-state index contributed by atoms with van der Waals surface area (Å²) in [6.07, 6.45) is 2.22. The lowest BCUT2D eigenvalue weighted by Crippen LogP contribution is -2.36. The first kappa shape index (κ1) is 15.8. The van der Waals surface area contributed by atoms with Crippen LogP contribution in [0, 0.1) is 5.41 Å². The first-order valence-corrected chi connectivity index (χ1v) is 7.36. The molecule has 1 aliphatic heterocycles. The van der Waals surface area contributed by atoms with Crippen LogP contribution in [0.1, 0.15) is 25.3 Å². The number of hydrogen-bond donors (Lipinski definition) is 2. The van der Waals surface area contributed by atoms with E-state index in [4.69, 9.17) is 15.2 Å². The number of rotatable bonds is 7. The molecular weight excluding hydrogens is 268 g/mol. The van der Waals surface area contributed by atoms with E-state index < -0.39 is 5.91 Å². The number of benzene rings is 1. The zero-order chi connectivity index (χ0) is 15.1. The number of hydrogen-bond acceptors (Lipinski definition) is 4. The number of nitrogens with two attached hydrogens (primary N) is 1. The van der Waals surface area contributed by atoms with E-state index in [0.29, 0.717) is 11.2 Å². The summed E-state index contributed by atoms with van der Waals surface area (Å²) in [6.45, 7) is 5.78. The third kappa shape index (κ3) is 5.36. The molecule has 0 saturated carbocycles. The minimum atomic E-state index is -0.467. The summed E-state index contributed by atoms with van der Waals surface area (Å²) in [5.41, 5.74) is 6.56. The lowest BCUT2D eigenvalue weighted by Gasteiger charge is -2.33. The van der Waals surface area contributed by atoms with Gasteiger partial charge in [0.05, 0.1) is 0 Å². The van der Waals surface area contributed by atoms with Gasteiger partial charge in [0.2, 0.25) is 0 Å². The second kappa shape index (κ2) is 7.43. The quantitative estimate of drug-likeness (QED) is 0.798. The largest absolute Gasteiger partial charge is 0.484 e. The Hall–Kier alpha value is -1.59. The van der Waals surface area contributed by atoms with Gasteiger partial charge in [-0.1, -0.05) is 19.1 Å². The van der Waals surface area contributed by atoms with Crippen molar-refractivity contribution < 1.29 is 14.3 Å². The van der Waals surface area contributed by atoms with Gasteiger partial charge < -0.3 is 20.5 Å². The van der Waals surface area contributed by atoms with E-state index in [9.17, 15) is 4.79 Å². The molecule has 5 heteroatoms. The standard InChI is InChI=1S/C16H24N2O3/c1-16(6-8-20-9-7-16)12-18-10-13-2-4-14(5-3-13)21-11-15(17)19/h2-5,18H,6-12H2,1H3,(H2,17,19). The van der Waals surface area contributed by atoms with Crippen LogP contribution in [0.2, 0.25) is 0 Å². The van der Waals surface area contributed by atoms with Gasteiger partial charge in [-0.25, -0.2) is 0 Å². The molecule has 1 aliphatic rings. The van der Waals surface area contributed by atoms with Gasteiger partial charge in [0, 0.05) is 26.3 Å². The summed E-state index contributed by atoms with van der Waals surface area (Å²) in [7, 11) is 0. The van der Waals surface area contributed by atoms with Gasteiger partial charge in [0.1, 0.15) is 5.75 Å². The summed E-state index contributed by atoms with van der Waals surface area (Å²) >= 11 is 0. The van der Waals surface area contributed by atoms with Gasteiger partial charge in [-0.15, -0.1) is 0 Å². The van der Waals surface area contributed by atoms with Gasteiger partial charge in [-0.2, -0.15) is 0 Å². The summed E-state index contributed by atoms with van der Waals surface area (Å²) in [6, 6.07) is 7.71. The highest BCUT2D eigenvalue weighted by Gasteiger charge is 2.26. The van der Waals surface area contributed by atoms with Crippen LogP contribution in [0.5, 0.6) is 5.75 Å². The van der Waals surface area contributed by atoms with E-state index in [1.54, 1.807) is 0 Å². The second-order valence-electron chi connectivity index (χ2n) is 5.93. The van der Waals surface area contributed by atoms with E-state index in [1.165, 1.54) is 5.56 Å². The summed E-state index contributed by atoms with van der Waals surface area (Å²) in [5, 5.41) is 3.51. The molecule has 1 amide bonds. The molecule has 0 unspecified atom stereocenters. The Morgan fingerprint density at radius 1 is 1.33 bits per heavy atom. The lowest BCUT2D eigenvalue weighted by molar-refractivity contribution is -0.119. The SMILES string of the molecule is CC1(CNCc2ccc(OCC(N)=O)cc2)CCOCC1. The van der Waals surface area contributed by atoms with Crippen molar-refractivity contribution in [2.45, 2.75) is 26.3 Å². The van der Waals surface area contributed by atoms with E-state index in [1.807, 2.05) is 24.3 Å². The molecule has 21 heavy (non-hydrogen) atoms. The maximum absolute atomic E-state index is 10.6. The number of nitrogens with one attached hydrogen (secondary N) is 1. The monoisotopic (exact) mass is 292 g/mol. The van der Waals surface area contributed by atoms with Gasteiger partial charge >= 0.3 is 0 Å². The van der Waals surface area contributed by atoms with Crippen LogP contribution in [0.25, 0.3) is 0 Å². The van der Waals surface area contributed by atoms with Gasteiger partial charge in [-0.05, 0) is 36.0 Å². The van der Waals surface area contributed by atoms with Gasteiger partial charge in [0.15, 0.2) is 6.61 Å². The normalized spacial score (nSPS) is 17.4. The maximum Gasteiger partial charge on any atom is 0.255 e. The third-order valence-electron chi connectivity index (χ3n) is 3.89. The van der Waals surface area contributed by atoms with Crippen LogP contribution < -0.4 is 15.8 Å². The number of primary amides is 1. The predicted octanol–water partition coefficient (Wildman–Crippen LogP) is 1.46. The maximum atomic E-state index is 10.6. The molecule has 1 heterocycles. The molecule has 0 radical (unpaired) electrons. The predicted molar refractivity (Wildman–Crippen MR) is 81.0 cm³/mol. The highest BCUT2D eigenvalue weighted by molar-refractivity contribution is 5.75. The summed E-state index contributed by atoms with van der Waals surface area (Å²) < 4.78 is 10.6. The molecule has 2 rings (SSSR count). The number of carbonyl (C=O) groups excluding carboxylic acids is 1. The Kier molecular flexibility index (Phi) is 5.59. The van der Waals surface area contributed by atoms with Crippen LogP contribution >= 0.6 is 0 Å². The Morgan fingerprint density at radius 2 is 2.00 bits per heavy atom. The fourth-order valence-corrected chi connectivity index (χ4v) is 2.41. The van der Waals surface area contributed by atoms with Crippen molar-refractivity contribution in [2.75, 3.05) is 26.4 Å². The molecule has 116 valence electrons. The van der Waals surface area contributed by atoms with Crippen molar-refractivity contribution in [1.29, 1.82) is 0 Å². The Morgan fingerprint density at radius 3 is 2.62 bits per heavy atom. The topological polar surface area (TPSA) is 73.6 Å². The molecule has 0 spiro atoms. The van der Waals surface area contributed by atoms with Crippen LogP contribution in [0.4, 0.5) is 0 Å². The van der Waals surface area contributed by atoms with Crippen molar-refractivity contribution in [3.8, 4) is 5.75 Å². The third-order valence-corrected chi connectivity index (χ3v) is 3.89. The molecule has 0 aromatic heterocycles. The molecule has 1 saturated heterocycles. The van der Waals surface area contributed by atoms with Crippen LogP contribution in [0.15, 0.2) is 24.3 Å². The van der Waals surface area contributed by atoms with E-state index in [2.05, 4.69) is 12.2 Å². The number of carbonyl (C=O) groups is 1.